The summed E-state index contributed by atoms with van der Waals surface area (Å²) < 4.78 is 0. The summed E-state index contributed by atoms with van der Waals surface area (Å²) in [5.41, 5.74) is 1.84. The van der Waals surface area contributed by atoms with Crippen LogP contribution in [-0.4, -0.2) is 45.5 Å². The summed E-state index contributed by atoms with van der Waals surface area (Å²) in [6.45, 7) is 5.18. The van der Waals surface area contributed by atoms with Gasteiger partial charge in [-0.15, -0.1) is 10.2 Å². The lowest BCUT2D eigenvalue weighted by atomic mass is 9.68. The number of aryl methyl sites for hydroxylation is 1. The van der Waals surface area contributed by atoms with Crippen LogP contribution in [0, 0.1) is 12.3 Å². The monoisotopic (exact) mass is 378 g/mol. The van der Waals surface area contributed by atoms with Crippen LogP contribution in [0.15, 0.2) is 30.5 Å². The molecule has 3 saturated heterocycles. The van der Waals surface area contributed by atoms with Gasteiger partial charge < -0.3 is 4.90 Å². The van der Waals surface area contributed by atoms with Gasteiger partial charge in [0.15, 0.2) is 0 Å². The van der Waals surface area contributed by atoms with Gasteiger partial charge in [-0.25, -0.2) is 0 Å². The Bertz CT molecular complexity index is 1010. The van der Waals surface area contributed by atoms with E-state index in [1.54, 1.807) is 11.3 Å². The van der Waals surface area contributed by atoms with E-state index in [4.69, 9.17) is 0 Å². The number of piperidine rings is 3. The maximum Gasteiger partial charge on any atom is 0.147 e. The molecule has 2 aromatic heterocycles. The topological polar surface area (TPSA) is 59.0 Å². The number of benzene rings is 1. The van der Waals surface area contributed by atoms with Gasteiger partial charge in [0.25, 0.3) is 0 Å². The highest BCUT2D eigenvalue weighted by atomic mass is 32.1. The molecule has 0 saturated carbocycles. The molecule has 5 heterocycles. The van der Waals surface area contributed by atoms with Crippen molar-refractivity contribution in [2.45, 2.75) is 32.6 Å². The van der Waals surface area contributed by atoms with E-state index in [-0.39, 0.29) is 5.41 Å². The van der Waals surface area contributed by atoms with Crippen LogP contribution < -0.4 is 0 Å². The quantitative estimate of drug-likeness (QED) is 0.693. The van der Waals surface area contributed by atoms with Crippen LogP contribution in [0.5, 0.6) is 0 Å². The lowest BCUT2D eigenvalue weighted by molar-refractivity contribution is -0.135. The fourth-order valence-corrected chi connectivity index (χ4v) is 5.11. The van der Waals surface area contributed by atoms with Gasteiger partial charge in [-0.05, 0) is 63.3 Å². The molecule has 1 aromatic carbocycles. The molecule has 3 aliphatic heterocycles. The van der Waals surface area contributed by atoms with Crippen molar-refractivity contribution in [2.24, 2.45) is 5.41 Å². The molecular formula is C21H22N4OS. The van der Waals surface area contributed by atoms with Gasteiger partial charge in [0, 0.05) is 34.7 Å². The summed E-state index contributed by atoms with van der Waals surface area (Å²) in [5, 5.41) is 12.4. The molecule has 2 bridgehead atoms. The van der Waals surface area contributed by atoms with E-state index in [0.717, 1.165) is 70.9 Å². The number of hydrogen-bond donors (Lipinski definition) is 0. The third-order valence-corrected chi connectivity index (χ3v) is 7.09. The van der Waals surface area contributed by atoms with Gasteiger partial charge in [0.2, 0.25) is 0 Å². The van der Waals surface area contributed by atoms with Crippen molar-refractivity contribution in [2.75, 3.05) is 19.6 Å². The molecule has 0 unspecified atom stereocenters. The van der Waals surface area contributed by atoms with Crippen molar-refractivity contribution in [1.82, 2.24) is 20.1 Å². The molecule has 0 spiro atoms. The SMILES string of the molecule is Cc1nnc(-c2ccc3cnc(CC(=O)C45CCN(CC4)CC5)cc3c2)s1. The lowest BCUT2D eigenvalue weighted by Crippen LogP contribution is -2.52. The number of carbonyl (C=O) groups excluding carboxylic acids is 1. The van der Waals surface area contributed by atoms with Crippen LogP contribution in [0.4, 0.5) is 0 Å². The van der Waals surface area contributed by atoms with E-state index in [2.05, 4.69) is 44.3 Å². The van der Waals surface area contributed by atoms with Gasteiger partial charge in [0.05, 0.1) is 0 Å². The number of fused-ring (bicyclic) bond motifs is 4. The summed E-state index contributed by atoms with van der Waals surface area (Å²) in [4.78, 5) is 20.1. The number of nitrogens with zero attached hydrogens (tertiary/aromatic N) is 4. The predicted molar refractivity (Wildman–Crippen MR) is 107 cm³/mol. The van der Waals surface area contributed by atoms with Crippen molar-refractivity contribution in [3.05, 3.63) is 41.2 Å². The minimum atomic E-state index is -0.0999. The number of carbonyl (C=O) groups is 1. The number of pyridine rings is 1. The molecule has 5 nitrogen and oxygen atoms in total. The van der Waals surface area contributed by atoms with E-state index in [1.165, 1.54) is 0 Å². The highest BCUT2D eigenvalue weighted by Gasteiger charge is 2.44. The van der Waals surface area contributed by atoms with Gasteiger partial charge in [-0.1, -0.05) is 23.5 Å². The van der Waals surface area contributed by atoms with Crippen molar-refractivity contribution in [3.63, 3.8) is 0 Å². The third-order valence-electron chi connectivity index (χ3n) is 6.20. The Balaban J connectivity index is 1.42. The van der Waals surface area contributed by atoms with E-state index in [1.807, 2.05) is 13.1 Å². The first-order valence-corrected chi connectivity index (χ1v) is 10.4. The number of hydrogen-bond acceptors (Lipinski definition) is 6. The van der Waals surface area contributed by atoms with Crippen LogP contribution in [0.25, 0.3) is 21.3 Å². The molecule has 0 aliphatic carbocycles. The molecule has 0 atom stereocenters. The van der Waals surface area contributed by atoms with E-state index >= 15 is 0 Å². The largest absolute Gasteiger partial charge is 0.303 e. The predicted octanol–water partition coefficient (Wildman–Crippen LogP) is 3.66. The maximum absolute atomic E-state index is 13.1. The summed E-state index contributed by atoms with van der Waals surface area (Å²) >= 11 is 1.59. The Hall–Kier alpha value is -2.18. The number of ketones is 1. The zero-order chi connectivity index (χ0) is 18.4. The molecule has 27 heavy (non-hydrogen) atoms. The highest BCUT2D eigenvalue weighted by molar-refractivity contribution is 7.14. The molecule has 0 radical (unpaired) electrons. The van der Waals surface area contributed by atoms with E-state index < -0.39 is 0 Å². The number of Topliss-reactive ketones (excluding diaryl/α,β-unsaturated/α-hetero) is 1. The van der Waals surface area contributed by atoms with E-state index in [0.29, 0.717) is 12.2 Å². The zero-order valence-electron chi connectivity index (χ0n) is 15.4. The molecule has 3 aromatic rings. The number of rotatable bonds is 4. The summed E-state index contributed by atoms with van der Waals surface area (Å²) in [6.07, 6.45) is 5.37. The molecule has 0 N–H and O–H groups in total. The Morgan fingerprint density at radius 2 is 1.89 bits per heavy atom. The average Bonchev–Trinajstić information content (AvgIpc) is 3.15. The molecule has 6 rings (SSSR count). The van der Waals surface area contributed by atoms with Crippen LogP contribution in [0.1, 0.15) is 30.0 Å². The fourth-order valence-electron chi connectivity index (χ4n) is 4.43. The van der Waals surface area contributed by atoms with Gasteiger partial charge in [-0.3, -0.25) is 9.78 Å². The minimum absolute atomic E-state index is 0.0999. The minimum Gasteiger partial charge on any atom is -0.303 e. The first-order valence-electron chi connectivity index (χ1n) is 9.56. The third kappa shape index (κ3) is 3.07. The zero-order valence-corrected chi connectivity index (χ0v) is 16.3. The standard InChI is InChI=1S/C21H22N4OS/c1-14-23-24-20(27-14)15-2-3-16-13-22-18(11-17(16)10-15)12-19(26)21-4-7-25(8-5-21)9-6-21/h2-3,10-11,13H,4-9,12H2,1H3. The molecule has 3 aliphatic rings. The maximum atomic E-state index is 13.1. The molecule has 138 valence electrons. The van der Waals surface area contributed by atoms with Crippen LogP contribution in [0.3, 0.4) is 0 Å². The Kier molecular flexibility index (Phi) is 4.06. The summed E-state index contributed by atoms with van der Waals surface area (Å²) in [5.74, 6) is 0.379. The summed E-state index contributed by atoms with van der Waals surface area (Å²) in [6, 6.07) is 8.32. The Morgan fingerprint density at radius 3 is 2.59 bits per heavy atom. The van der Waals surface area contributed by atoms with Gasteiger partial charge in [0.1, 0.15) is 15.8 Å². The first kappa shape index (κ1) is 17.0. The fraction of sp³-hybridized carbons (Fsp3) is 0.429. The average molecular weight is 379 g/mol. The molecule has 3 fully saturated rings. The van der Waals surface area contributed by atoms with E-state index in [9.17, 15) is 4.79 Å². The normalized spacial score (nSPS) is 24.4. The second-order valence-corrected chi connectivity index (χ2v) is 9.02. The van der Waals surface area contributed by atoms with Crippen LogP contribution in [0.2, 0.25) is 0 Å². The Morgan fingerprint density at radius 1 is 1.11 bits per heavy atom. The second kappa shape index (κ2) is 6.46. The number of aromatic nitrogens is 3. The van der Waals surface area contributed by atoms with Crippen LogP contribution >= 0.6 is 11.3 Å². The van der Waals surface area contributed by atoms with Crippen molar-refractivity contribution < 1.29 is 4.79 Å². The lowest BCUT2D eigenvalue weighted by Gasteiger charge is -2.47. The van der Waals surface area contributed by atoms with Crippen molar-refractivity contribution in [3.8, 4) is 10.6 Å². The molecule has 6 heteroatoms. The smallest absolute Gasteiger partial charge is 0.147 e. The highest BCUT2D eigenvalue weighted by Crippen LogP contribution is 2.41. The Labute approximate surface area is 162 Å². The van der Waals surface area contributed by atoms with Crippen molar-refractivity contribution in [1.29, 1.82) is 0 Å². The van der Waals surface area contributed by atoms with Crippen molar-refractivity contribution >= 4 is 27.9 Å². The van der Waals surface area contributed by atoms with Crippen LogP contribution in [-0.2, 0) is 11.2 Å². The first-order chi connectivity index (χ1) is 13.1. The van der Waals surface area contributed by atoms with Gasteiger partial charge >= 0.3 is 0 Å². The molecule has 0 amide bonds. The second-order valence-electron chi connectivity index (χ2n) is 7.84. The molecular weight excluding hydrogens is 356 g/mol. The van der Waals surface area contributed by atoms with Gasteiger partial charge in [-0.2, -0.15) is 0 Å². The summed E-state index contributed by atoms with van der Waals surface area (Å²) in [7, 11) is 0.